The summed E-state index contributed by atoms with van der Waals surface area (Å²) in [5, 5.41) is 12.8. The van der Waals surface area contributed by atoms with Gasteiger partial charge >= 0.3 is 0 Å². The van der Waals surface area contributed by atoms with Crippen molar-refractivity contribution in [2.24, 2.45) is 0 Å². The molecule has 1 amide bonds. The number of nitrogens with one attached hydrogen (secondary N) is 1. The zero-order valence-electron chi connectivity index (χ0n) is 12.2. The number of carbonyl (C=O) groups is 1. The van der Waals surface area contributed by atoms with Crippen molar-refractivity contribution in [3.8, 4) is 5.75 Å². The van der Waals surface area contributed by atoms with Crippen LogP contribution in [0.5, 0.6) is 5.75 Å². The van der Waals surface area contributed by atoms with Gasteiger partial charge in [-0.15, -0.1) is 0 Å². The number of benzene rings is 1. The Morgan fingerprint density at radius 2 is 2.14 bits per heavy atom. The molecule has 1 heterocycles. The second-order valence-corrected chi connectivity index (χ2v) is 5.69. The summed E-state index contributed by atoms with van der Waals surface area (Å²) in [5.41, 5.74) is 3.03. The largest absolute Gasteiger partial charge is 0.496 e. The molecule has 3 rings (SSSR count). The SMILES string of the molecule is COc1cc2c(cc1C(=O)N[C@@H]1COCC[C@H]1O)CCC2. The Morgan fingerprint density at radius 3 is 2.86 bits per heavy atom. The van der Waals surface area contributed by atoms with Gasteiger partial charge in [0.2, 0.25) is 0 Å². The number of aliphatic hydroxyl groups is 1. The van der Waals surface area contributed by atoms with Gasteiger partial charge in [-0.3, -0.25) is 4.79 Å². The highest BCUT2D eigenvalue weighted by atomic mass is 16.5. The maximum absolute atomic E-state index is 12.5. The van der Waals surface area contributed by atoms with Crippen LogP contribution in [0, 0.1) is 0 Å². The van der Waals surface area contributed by atoms with Crippen LogP contribution in [0.3, 0.4) is 0 Å². The number of aryl methyl sites for hydroxylation is 2. The molecule has 0 radical (unpaired) electrons. The first kappa shape index (κ1) is 14.4. The summed E-state index contributed by atoms with van der Waals surface area (Å²) in [6.07, 6.45) is 3.17. The predicted molar refractivity (Wildman–Crippen MR) is 77.7 cm³/mol. The van der Waals surface area contributed by atoms with Crippen LogP contribution in [0.4, 0.5) is 0 Å². The maximum atomic E-state index is 12.5. The summed E-state index contributed by atoms with van der Waals surface area (Å²) in [7, 11) is 1.58. The average Bonchev–Trinajstić information content (AvgIpc) is 2.95. The molecule has 1 saturated heterocycles. The molecule has 1 aliphatic carbocycles. The Kier molecular flexibility index (Phi) is 4.12. The Labute approximate surface area is 124 Å². The van der Waals surface area contributed by atoms with E-state index in [2.05, 4.69) is 5.32 Å². The van der Waals surface area contributed by atoms with Crippen LogP contribution >= 0.6 is 0 Å². The Bertz CT molecular complexity index is 543. The van der Waals surface area contributed by atoms with Crippen LogP contribution in [0.2, 0.25) is 0 Å². The minimum absolute atomic E-state index is 0.212. The molecular weight excluding hydrogens is 270 g/mol. The molecule has 0 spiro atoms. The lowest BCUT2D eigenvalue weighted by Crippen LogP contribution is -2.49. The molecular formula is C16H21NO4. The molecule has 0 bridgehead atoms. The fraction of sp³-hybridized carbons (Fsp3) is 0.562. The number of carbonyl (C=O) groups excluding carboxylic acids is 1. The van der Waals surface area contributed by atoms with Crippen molar-refractivity contribution in [2.45, 2.75) is 37.8 Å². The monoisotopic (exact) mass is 291 g/mol. The first-order chi connectivity index (χ1) is 10.2. The van der Waals surface area contributed by atoms with Crippen molar-refractivity contribution in [1.82, 2.24) is 5.32 Å². The van der Waals surface area contributed by atoms with Crippen molar-refractivity contribution in [3.63, 3.8) is 0 Å². The van der Waals surface area contributed by atoms with E-state index in [9.17, 15) is 9.90 Å². The van der Waals surface area contributed by atoms with Gasteiger partial charge in [0.25, 0.3) is 5.91 Å². The fourth-order valence-corrected chi connectivity index (χ4v) is 3.06. The Hall–Kier alpha value is -1.59. The summed E-state index contributed by atoms with van der Waals surface area (Å²) in [6.45, 7) is 0.885. The van der Waals surface area contributed by atoms with Crippen LogP contribution < -0.4 is 10.1 Å². The standard InChI is InChI=1S/C16H21NO4/c1-20-15-8-11-4-2-3-10(11)7-12(15)16(19)17-13-9-21-6-5-14(13)18/h7-8,13-14,18H,2-6,9H2,1H3,(H,17,19)/t13-,14-/m1/s1. The smallest absolute Gasteiger partial charge is 0.255 e. The van der Waals surface area contributed by atoms with Crippen LogP contribution in [0.15, 0.2) is 12.1 Å². The van der Waals surface area contributed by atoms with Crippen molar-refractivity contribution >= 4 is 5.91 Å². The van der Waals surface area contributed by atoms with Crippen molar-refractivity contribution < 1.29 is 19.4 Å². The Balaban J connectivity index is 1.80. The van der Waals surface area contributed by atoms with E-state index in [-0.39, 0.29) is 11.9 Å². The predicted octanol–water partition coefficient (Wildman–Crippen LogP) is 1.06. The topological polar surface area (TPSA) is 67.8 Å². The molecule has 0 aromatic heterocycles. The van der Waals surface area contributed by atoms with Gasteiger partial charge in [-0.2, -0.15) is 0 Å². The first-order valence-corrected chi connectivity index (χ1v) is 7.45. The van der Waals surface area contributed by atoms with Gasteiger partial charge in [0.05, 0.1) is 31.4 Å². The Morgan fingerprint density at radius 1 is 1.38 bits per heavy atom. The molecule has 5 nitrogen and oxygen atoms in total. The van der Waals surface area contributed by atoms with Gasteiger partial charge in [-0.05, 0) is 48.9 Å². The van der Waals surface area contributed by atoms with E-state index in [4.69, 9.17) is 9.47 Å². The number of fused-ring (bicyclic) bond motifs is 1. The quantitative estimate of drug-likeness (QED) is 0.874. The molecule has 2 aliphatic rings. The van der Waals surface area contributed by atoms with Gasteiger partial charge in [-0.25, -0.2) is 0 Å². The lowest BCUT2D eigenvalue weighted by atomic mass is 10.0. The molecule has 1 aromatic carbocycles. The third-order valence-electron chi connectivity index (χ3n) is 4.29. The number of methoxy groups -OCH3 is 1. The fourth-order valence-electron chi connectivity index (χ4n) is 3.06. The van der Waals surface area contributed by atoms with E-state index >= 15 is 0 Å². The third kappa shape index (κ3) is 2.89. The number of amides is 1. The number of hydrogen-bond acceptors (Lipinski definition) is 4. The minimum Gasteiger partial charge on any atom is -0.496 e. The van der Waals surface area contributed by atoms with E-state index < -0.39 is 6.10 Å². The number of hydrogen-bond donors (Lipinski definition) is 2. The normalized spacial score (nSPS) is 24.5. The van der Waals surface area contributed by atoms with Crippen molar-refractivity contribution in [2.75, 3.05) is 20.3 Å². The molecule has 0 saturated carbocycles. The van der Waals surface area contributed by atoms with E-state index in [1.54, 1.807) is 7.11 Å². The van der Waals surface area contributed by atoms with Gasteiger partial charge in [-0.1, -0.05) is 0 Å². The van der Waals surface area contributed by atoms with Crippen LogP contribution in [-0.2, 0) is 17.6 Å². The molecule has 1 aliphatic heterocycles. The average molecular weight is 291 g/mol. The van der Waals surface area contributed by atoms with E-state index in [0.717, 1.165) is 19.3 Å². The molecule has 2 atom stereocenters. The number of rotatable bonds is 3. The van der Waals surface area contributed by atoms with E-state index in [0.29, 0.717) is 30.9 Å². The lowest BCUT2D eigenvalue weighted by molar-refractivity contribution is -0.0140. The van der Waals surface area contributed by atoms with Crippen LogP contribution in [0.1, 0.15) is 34.3 Å². The molecule has 5 heteroatoms. The second-order valence-electron chi connectivity index (χ2n) is 5.69. The molecule has 2 N–H and O–H groups in total. The van der Waals surface area contributed by atoms with Gasteiger partial charge in [0, 0.05) is 6.61 Å². The lowest BCUT2D eigenvalue weighted by Gasteiger charge is -2.28. The van der Waals surface area contributed by atoms with Crippen molar-refractivity contribution in [3.05, 3.63) is 28.8 Å². The minimum atomic E-state index is -0.553. The summed E-state index contributed by atoms with van der Waals surface area (Å²) in [6, 6.07) is 3.53. The molecule has 1 fully saturated rings. The van der Waals surface area contributed by atoms with Gasteiger partial charge in [0.15, 0.2) is 0 Å². The molecule has 114 valence electrons. The highest BCUT2D eigenvalue weighted by Gasteiger charge is 2.27. The highest BCUT2D eigenvalue weighted by molar-refractivity contribution is 5.97. The first-order valence-electron chi connectivity index (χ1n) is 7.45. The number of ether oxygens (including phenoxy) is 2. The van der Waals surface area contributed by atoms with Crippen molar-refractivity contribution in [1.29, 1.82) is 0 Å². The second kappa shape index (κ2) is 6.03. The number of aliphatic hydroxyl groups excluding tert-OH is 1. The van der Waals surface area contributed by atoms with Crippen LogP contribution in [0.25, 0.3) is 0 Å². The van der Waals surface area contributed by atoms with Crippen LogP contribution in [-0.4, -0.2) is 43.5 Å². The van der Waals surface area contributed by atoms with E-state index in [1.807, 2.05) is 12.1 Å². The summed E-state index contributed by atoms with van der Waals surface area (Å²) in [5.74, 6) is 0.385. The van der Waals surface area contributed by atoms with E-state index in [1.165, 1.54) is 11.1 Å². The molecule has 0 unspecified atom stereocenters. The maximum Gasteiger partial charge on any atom is 0.255 e. The summed E-state index contributed by atoms with van der Waals surface area (Å²) < 4.78 is 10.7. The zero-order valence-corrected chi connectivity index (χ0v) is 12.2. The molecule has 1 aromatic rings. The van der Waals surface area contributed by atoms with Gasteiger partial charge < -0.3 is 19.9 Å². The summed E-state index contributed by atoms with van der Waals surface area (Å²) >= 11 is 0. The summed E-state index contributed by atoms with van der Waals surface area (Å²) in [4.78, 5) is 12.5. The molecule has 21 heavy (non-hydrogen) atoms. The zero-order chi connectivity index (χ0) is 14.8. The highest BCUT2D eigenvalue weighted by Crippen LogP contribution is 2.30. The van der Waals surface area contributed by atoms with Gasteiger partial charge in [0.1, 0.15) is 5.75 Å². The third-order valence-corrected chi connectivity index (χ3v) is 4.29.